The van der Waals surface area contributed by atoms with Crippen LogP contribution >= 0.6 is 11.3 Å². The van der Waals surface area contributed by atoms with Crippen molar-refractivity contribution in [3.8, 4) is 0 Å². The molecule has 0 atom stereocenters. The molecule has 2 heterocycles. The van der Waals surface area contributed by atoms with Crippen molar-refractivity contribution in [1.82, 2.24) is 10.3 Å². The Labute approximate surface area is 121 Å². The predicted octanol–water partition coefficient (Wildman–Crippen LogP) is 2.11. The van der Waals surface area contributed by atoms with Crippen LogP contribution in [0, 0.1) is 0 Å². The summed E-state index contributed by atoms with van der Waals surface area (Å²) in [5, 5.41) is 6.60. The fraction of sp³-hybridized carbons (Fsp3) is 0.385. The summed E-state index contributed by atoms with van der Waals surface area (Å²) in [4.78, 5) is 16.6. The van der Waals surface area contributed by atoms with Crippen molar-refractivity contribution >= 4 is 28.2 Å². The molecule has 2 aromatic heterocycles. The maximum Gasteiger partial charge on any atom is 0.265 e. The Morgan fingerprint density at radius 2 is 2.35 bits per heavy atom. The van der Waals surface area contributed by atoms with Crippen LogP contribution in [0.1, 0.15) is 29.3 Å². The zero-order chi connectivity index (χ0) is 14.5. The first-order chi connectivity index (χ1) is 9.56. The second-order valence-electron chi connectivity index (χ2n) is 4.62. The van der Waals surface area contributed by atoms with Gasteiger partial charge in [-0.1, -0.05) is 11.3 Å². The summed E-state index contributed by atoms with van der Waals surface area (Å²) < 4.78 is 5.20. The van der Waals surface area contributed by atoms with E-state index in [1.807, 2.05) is 26.0 Å². The minimum absolute atomic E-state index is 0.205. The minimum atomic E-state index is -0.205. The summed E-state index contributed by atoms with van der Waals surface area (Å²) in [6.45, 7) is 4.50. The maximum atomic E-state index is 12.0. The number of carbonyl (C=O) groups is 1. The van der Waals surface area contributed by atoms with Crippen molar-refractivity contribution in [2.45, 2.75) is 26.3 Å². The van der Waals surface area contributed by atoms with Gasteiger partial charge in [0.05, 0.1) is 6.26 Å². The van der Waals surface area contributed by atoms with E-state index in [0.29, 0.717) is 23.0 Å². The first kappa shape index (κ1) is 14.4. The second-order valence-corrected chi connectivity index (χ2v) is 5.62. The number of anilines is 2. The number of amides is 1. The third-order valence-corrected chi connectivity index (χ3v) is 3.51. The number of carbonyl (C=O) groups excluding carboxylic acids is 1. The number of rotatable bonds is 6. The molecule has 0 aliphatic carbocycles. The van der Waals surface area contributed by atoms with E-state index in [0.717, 1.165) is 5.76 Å². The Hall–Kier alpha value is -2.02. The lowest BCUT2D eigenvalue weighted by Crippen LogP contribution is -2.25. The fourth-order valence-electron chi connectivity index (χ4n) is 1.64. The number of nitrogens with two attached hydrogens (primary N) is 1. The molecule has 0 saturated carbocycles. The summed E-state index contributed by atoms with van der Waals surface area (Å²) in [7, 11) is 0. The number of furan rings is 1. The van der Waals surface area contributed by atoms with Crippen LogP contribution in [-0.2, 0) is 6.42 Å². The van der Waals surface area contributed by atoms with Crippen molar-refractivity contribution in [3.63, 3.8) is 0 Å². The molecule has 0 saturated heterocycles. The van der Waals surface area contributed by atoms with E-state index >= 15 is 0 Å². The second kappa shape index (κ2) is 6.42. The molecule has 0 radical (unpaired) electrons. The molecule has 4 N–H and O–H groups in total. The highest BCUT2D eigenvalue weighted by Crippen LogP contribution is 2.25. The normalized spacial score (nSPS) is 10.8. The zero-order valence-corrected chi connectivity index (χ0v) is 12.3. The molecule has 0 spiro atoms. The standard InChI is InChI=1S/C13H18N4O2S/c1-8(2)16-13-17-11(14)10(20-13)12(18)15-6-5-9-4-3-7-19-9/h3-4,7-8H,5-6,14H2,1-2H3,(H,15,18)(H,16,17). The van der Waals surface area contributed by atoms with Gasteiger partial charge < -0.3 is 20.8 Å². The maximum absolute atomic E-state index is 12.0. The van der Waals surface area contributed by atoms with Crippen LogP contribution in [0.3, 0.4) is 0 Å². The summed E-state index contributed by atoms with van der Waals surface area (Å²) in [6, 6.07) is 3.94. The largest absolute Gasteiger partial charge is 0.469 e. The lowest BCUT2D eigenvalue weighted by Gasteiger charge is -2.04. The van der Waals surface area contributed by atoms with E-state index in [-0.39, 0.29) is 17.8 Å². The van der Waals surface area contributed by atoms with Gasteiger partial charge in [0, 0.05) is 19.0 Å². The van der Waals surface area contributed by atoms with Gasteiger partial charge in [0.2, 0.25) is 0 Å². The molecule has 0 aromatic carbocycles. The minimum Gasteiger partial charge on any atom is -0.469 e. The molecule has 0 aliphatic heterocycles. The molecule has 0 unspecified atom stereocenters. The first-order valence-electron chi connectivity index (χ1n) is 6.39. The quantitative estimate of drug-likeness (QED) is 0.758. The van der Waals surface area contributed by atoms with Crippen LogP contribution in [0.5, 0.6) is 0 Å². The van der Waals surface area contributed by atoms with E-state index < -0.39 is 0 Å². The number of nitrogen functional groups attached to an aromatic ring is 1. The molecule has 0 aliphatic rings. The molecule has 1 amide bonds. The number of thiazole rings is 1. The third kappa shape index (κ3) is 3.74. The highest BCUT2D eigenvalue weighted by atomic mass is 32.1. The van der Waals surface area contributed by atoms with Crippen molar-refractivity contribution in [2.75, 3.05) is 17.6 Å². The molecule has 0 fully saturated rings. The van der Waals surface area contributed by atoms with Gasteiger partial charge in [-0.15, -0.1) is 0 Å². The topological polar surface area (TPSA) is 93.2 Å². The fourth-order valence-corrected chi connectivity index (χ4v) is 2.58. The Morgan fingerprint density at radius 3 is 3.00 bits per heavy atom. The number of nitrogens with zero attached hydrogens (tertiary/aromatic N) is 1. The van der Waals surface area contributed by atoms with E-state index in [4.69, 9.17) is 10.2 Å². The van der Waals surface area contributed by atoms with Gasteiger partial charge in [0.1, 0.15) is 16.5 Å². The summed E-state index contributed by atoms with van der Waals surface area (Å²) >= 11 is 1.26. The Morgan fingerprint density at radius 1 is 1.55 bits per heavy atom. The van der Waals surface area contributed by atoms with Gasteiger partial charge in [-0.3, -0.25) is 4.79 Å². The SMILES string of the molecule is CC(C)Nc1nc(N)c(C(=O)NCCc2ccco2)s1. The Kier molecular flexibility index (Phi) is 4.62. The average Bonchev–Trinajstić information content (AvgIpc) is 2.98. The van der Waals surface area contributed by atoms with Crippen molar-refractivity contribution in [1.29, 1.82) is 0 Å². The van der Waals surface area contributed by atoms with Crippen molar-refractivity contribution in [2.24, 2.45) is 0 Å². The van der Waals surface area contributed by atoms with Gasteiger partial charge >= 0.3 is 0 Å². The van der Waals surface area contributed by atoms with Gasteiger partial charge in [0.15, 0.2) is 5.13 Å². The molecule has 7 heteroatoms. The molecule has 2 rings (SSSR count). The summed E-state index contributed by atoms with van der Waals surface area (Å²) in [6.07, 6.45) is 2.26. The van der Waals surface area contributed by atoms with E-state index in [1.54, 1.807) is 6.26 Å². The molecular weight excluding hydrogens is 276 g/mol. The van der Waals surface area contributed by atoms with Crippen LogP contribution in [-0.4, -0.2) is 23.5 Å². The Bertz CT molecular complexity index is 563. The van der Waals surface area contributed by atoms with E-state index in [2.05, 4.69) is 15.6 Å². The lowest BCUT2D eigenvalue weighted by atomic mass is 10.3. The van der Waals surface area contributed by atoms with Crippen molar-refractivity contribution in [3.05, 3.63) is 29.0 Å². The average molecular weight is 294 g/mol. The first-order valence-corrected chi connectivity index (χ1v) is 7.21. The number of aromatic nitrogens is 1. The third-order valence-electron chi connectivity index (χ3n) is 2.51. The molecule has 2 aromatic rings. The van der Waals surface area contributed by atoms with Gasteiger partial charge in [-0.25, -0.2) is 4.98 Å². The van der Waals surface area contributed by atoms with Crippen LogP contribution < -0.4 is 16.4 Å². The van der Waals surface area contributed by atoms with Gasteiger partial charge in [-0.05, 0) is 26.0 Å². The van der Waals surface area contributed by atoms with Crippen LogP contribution in [0.2, 0.25) is 0 Å². The summed E-state index contributed by atoms with van der Waals surface area (Å²) in [5.74, 6) is 0.891. The molecular formula is C13H18N4O2S. The molecule has 0 bridgehead atoms. The monoisotopic (exact) mass is 294 g/mol. The molecule has 6 nitrogen and oxygen atoms in total. The van der Waals surface area contributed by atoms with Crippen molar-refractivity contribution < 1.29 is 9.21 Å². The van der Waals surface area contributed by atoms with E-state index in [9.17, 15) is 4.79 Å². The Balaban J connectivity index is 1.90. The summed E-state index contributed by atoms with van der Waals surface area (Å²) in [5.41, 5.74) is 5.76. The number of hydrogen-bond donors (Lipinski definition) is 3. The highest BCUT2D eigenvalue weighted by Gasteiger charge is 2.16. The van der Waals surface area contributed by atoms with Gasteiger partial charge in [-0.2, -0.15) is 0 Å². The predicted molar refractivity (Wildman–Crippen MR) is 80.0 cm³/mol. The lowest BCUT2D eigenvalue weighted by molar-refractivity contribution is 0.0958. The van der Waals surface area contributed by atoms with Crippen LogP contribution in [0.25, 0.3) is 0 Å². The molecule has 108 valence electrons. The number of nitrogens with one attached hydrogen (secondary N) is 2. The number of hydrogen-bond acceptors (Lipinski definition) is 6. The van der Waals surface area contributed by atoms with Crippen LogP contribution in [0.4, 0.5) is 10.9 Å². The smallest absolute Gasteiger partial charge is 0.265 e. The van der Waals surface area contributed by atoms with Gasteiger partial charge in [0.25, 0.3) is 5.91 Å². The molecule has 20 heavy (non-hydrogen) atoms. The highest BCUT2D eigenvalue weighted by molar-refractivity contribution is 7.18. The zero-order valence-electron chi connectivity index (χ0n) is 11.5. The van der Waals surface area contributed by atoms with E-state index in [1.165, 1.54) is 11.3 Å². The van der Waals surface area contributed by atoms with Crippen LogP contribution in [0.15, 0.2) is 22.8 Å².